The summed E-state index contributed by atoms with van der Waals surface area (Å²) >= 11 is 0. The molecule has 3 rings (SSSR count). The van der Waals surface area contributed by atoms with Crippen molar-refractivity contribution in [2.75, 3.05) is 26.0 Å². The minimum absolute atomic E-state index is 0.0229. The summed E-state index contributed by atoms with van der Waals surface area (Å²) in [5.41, 5.74) is 8.75. The van der Waals surface area contributed by atoms with Gasteiger partial charge in [0.25, 0.3) is 0 Å². The maximum Gasteiger partial charge on any atom is 0.231 e. The molecule has 0 aliphatic rings. The number of carbonyl (C=O) groups excluding carboxylic acids is 2. The molecule has 1 unspecified atom stereocenters. The maximum absolute atomic E-state index is 12.8. The number of amides is 1. The number of nitrogens with two attached hydrogens (primary N) is 1. The van der Waals surface area contributed by atoms with Crippen LogP contribution in [0.5, 0.6) is 0 Å². The van der Waals surface area contributed by atoms with E-state index in [1.165, 1.54) is 4.90 Å². The lowest BCUT2D eigenvalue weighted by atomic mass is 9.94. The molecule has 3 aromatic rings. The lowest BCUT2D eigenvalue weighted by Gasteiger charge is -2.10. The van der Waals surface area contributed by atoms with Gasteiger partial charge in [-0.15, -0.1) is 0 Å². The molecule has 1 aromatic heterocycles. The largest absolute Gasteiger partial charge is 0.370 e. The Labute approximate surface area is 187 Å². The predicted octanol–water partition coefficient (Wildman–Crippen LogP) is 3.26. The molecule has 0 aliphatic heterocycles. The van der Waals surface area contributed by atoms with Crippen molar-refractivity contribution in [2.24, 2.45) is 10.7 Å². The second-order valence-electron chi connectivity index (χ2n) is 7.59. The van der Waals surface area contributed by atoms with Gasteiger partial charge in [0.1, 0.15) is 0 Å². The molecule has 2 aromatic carbocycles. The van der Waals surface area contributed by atoms with Gasteiger partial charge in [-0.3, -0.25) is 19.9 Å². The van der Waals surface area contributed by atoms with Crippen LogP contribution in [0.15, 0.2) is 70.2 Å². The monoisotopic (exact) mass is 433 g/mol. The average molecular weight is 434 g/mol. The summed E-state index contributed by atoms with van der Waals surface area (Å²) in [7, 11) is 3.39. The van der Waals surface area contributed by atoms with Gasteiger partial charge in [0, 0.05) is 43.6 Å². The summed E-state index contributed by atoms with van der Waals surface area (Å²) in [6.45, 7) is 2.26. The molecule has 8 heteroatoms. The Kier molecular flexibility index (Phi) is 7.38. The quantitative estimate of drug-likeness (QED) is 0.320. The summed E-state index contributed by atoms with van der Waals surface area (Å²) < 4.78 is 5.33. The summed E-state index contributed by atoms with van der Waals surface area (Å²) in [5, 5.41) is 6.96. The van der Waals surface area contributed by atoms with Crippen LogP contribution in [0.25, 0.3) is 0 Å². The molecule has 0 bridgehead atoms. The minimum Gasteiger partial charge on any atom is -0.370 e. The highest BCUT2D eigenvalue weighted by Crippen LogP contribution is 2.26. The Morgan fingerprint density at radius 3 is 2.53 bits per heavy atom. The van der Waals surface area contributed by atoms with Crippen LogP contribution in [-0.2, 0) is 4.79 Å². The summed E-state index contributed by atoms with van der Waals surface area (Å²) in [5.74, 6) is 0.337. The average Bonchev–Trinajstić information content (AvgIpc) is 3.26. The highest BCUT2D eigenvalue weighted by Gasteiger charge is 2.17. The number of carbonyl (C=O) groups is 2. The first-order valence-electron chi connectivity index (χ1n) is 10.3. The smallest absolute Gasteiger partial charge is 0.231 e. The van der Waals surface area contributed by atoms with E-state index in [-0.39, 0.29) is 36.5 Å². The molecular weight excluding hydrogens is 406 g/mol. The van der Waals surface area contributed by atoms with Crippen LogP contribution >= 0.6 is 0 Å². The Morgan fingerprint density at radius 1 is 1.09 bits per heavy atom. The highest BCUT2D eigenvalue weighted by molar-refractivity contribution is 6.09. The predicted molar refractivity (Wildman–Crippen MR) is 124 cm³/mol. The Morgan fingerprint density at radius 2 is 1.81 bits per heavy atom. The van der Waals surface area contributed by atoms with E-state index in [4.69, 9.17) is 10.3 Å². The zero-order valence-electron chi connectivity index (χ0n) is 18.4. The van der Waals surface area contributed by atoms with E-state index in [0.717, 1.165) is 5.56 Å². The van der Waals surface area contributed by atoms with Crippen molar-refractivity contribution in [3.8, 4) is 0 Å². The fourth-order valence-electron chi connectivity index (χ4n) is 3.09. The fourth-order valence-corrected chi connectivity index (χ4v) is 3.09. The van der Waals surface area contributed by atoms with Crippen molar-refractivity contribution in [2.45, 2.75) is 19.3 Å². The van der Waals surface area contributed by atoms with Gasteiger partial charge in [0.2, 0.25) is 11.8 Å². The Balaban J connectivity index is 1.66. The lowest BCUT2D eigenvalue weighted by Crippen LogP contribution is -2.25. The molecule has 0 fully saturated rings. The number of hydrogen-bond donors (Lipinski definition) is 2. The van der Waals surface area contributed by atoms with E-state index in [1.807, 2.05) is 43.3 Å². The van der Waals surface area contributed by atoms with Crippen molar-refractivity contribution >= 4 is 23.5 Å². The Hall–Kier alpha value is -3.94. The summed E-state index contributed by atoms with van der Waals surface area (Å²) in [6, 6.07) is 18.4. The van der Waals surface area contributed by atoms with Crippen LogP contribution in [0, 0.1) is 0 Å². The molecule has 8 nitrogen and oxygen atoms in total. The number of aromatic nitrogens is 1. The zero-order valence-corrected chi connectivity index (χ0v) is 18.4. The Bertz CT molecular complexity index is 1110. The molecule has 0 saturated heterocycles. The van der Waals surface area contributed by atoms with Gasteiger partial charge in [-0.25, -0.2) is 0 Å². The van der Waals surface area contributed by atoms with Crippen LogP contribution in [0.2, 0.25) is 0 Å². The first-order valence-corrected chi connectivity index (χ1v) is 10.3. The molecule has 0 aliphatic carbocycles. The van der Waals surface area contributed by atoms with Crippen molar-refractivity contribution in [1.82, 2.24) is 10.1 Å². The SMILES string of the molecule is CC(c1cccc(C(=O)c2ccccc2)c1)c1cc(NC(N)=NCCC(=O)N(C)C)on1. The number of guanidine groups is 1. The van der Waals surface area contributed by atoms with Crippen LogP contribution in [0.4, 0.5) is 5.88 Å². The number of anilines is 1. The fraction of sp³-hybridized carbons (Fsp3) is 0.250. The van der Waals surface area contributed by atoms with Crippen molar-refractivity contribution < 1.29 is 14.1 Å². The van der Waals surface area contributed by atoms with Gasteiger partial charge in [-0.05, 0) is 11.6 Å². The maximum atomic E-state index is 12.8. The van der Waals surface area contributed by atoms with E-state index in [2.05, 4.69) is 15.5 Å². The number of rotatable bonds is 8. The number of nitrogens with zero attached hydrogens (tertiary/aromatic N) is 3. The molecular formula is C24H27N5O3. The number of aliphatic imine (C=N–C) groups is 1. The third kappa shape index (κ3) is 5.81. The zero-order chi connectivity index (χ0) is 23.1. The molecule has 1 heterocycles. The first kappa shape index (κ1) is 22.7. The third-order valence-electron chi connectivity index (χ3n) is 5.01. The van der Waals surface area contributed by atoms with E-state index in [0.29, 0.717) is 22.7 Å². The molecule has 1 amide bonds. The number of ketones is 1. The van der Waals surface area contributed by atoms with Gasteiger partial charge < -0.3 is 15.2 Å². The number of benzene rings is 2. The van der Waals surface area contributed by atoms with E-state index < -0.39 is 0 Å². The summed E-state index contributed by atoms with van der Waals surface area (Å²) in [4.78, 5) is 30.0. The summed E-state index contributed by atoms with van der Waals surface area (Å²) in [6.07, 6.45) is 0.270. The van der Waals surface area contributed by atoms with Crippen LogP contribution in [-0.4, -0.2) is 48.3 Å². The molecule has 1 atom stereocenters. The molecule has 166 valence electrons. The molecule has 32 heavy (non-hydrogen) atoms. The van der Waals surface area contributed by atoms with Crippen LogP contribution in [0.3, 0.4) is 0 Å². The second kappa shape index (κ2) is 10.4. The third-order valence-corrected chi connectivity index (χ3v) is 5.01. The van der Waals surface area contributed by atoms with Crippen LogP contribution in [0.1, 0.15) is 46.4 Å². The first-order chi connectivity index (χ1) is 15.3. The van der Waals surface area contributed by atoms with Crippen molar-refractivity contribution in [3.63, 3.8) is 0 Å². The van der Waals surface area contributed by atoms with E-state index >= 15 is 0 Å². The molecule has 3 N–H and O–H groups in total. The van der Waals surface area contributed by atoms with E-state index in [9.17, 15) is 9.59 Å². The van der Waals surface area contributed by atoms with Gasteiger partial charge in [-0.2, -0.15) is 0 Å². The van der Waals surface area contributed by atoms with Gasteiger partial charge in [0.15, 0.2) is 11.7 Å². The number of nitrogens with one attached hydrogen (secondary N) is 1. The van der Waals surface area contributed by atoms with Crippen molar-refractivity contribution in [1.29, 1.82) is 0 Å². The highest BCUT2D eigenvalue weighted by atomic mass is 16.5. The standard InChI is InChI=1S/C24H27N5O3/c1-16(18-10-7-11-19(14-18)23(31)17-8-5-4-6-9-17)20-15-21(32-28-20)27-24(25)26-13-12-22(30)29(2)3/h4-11,14-16H,12-13H2,1-3H3,(H3,25,26,27). The second-order valence-corrected chi connectivity index (χ2v) is 7.59. The van der Waals surface area contributed by atoms with Gasteiger partial charge >= 0.3 is 0 Å². The normalized spacial score (nSPS) is 12.3. The lowest BCUT2D eigenvalue weighted by molar-refractivity contribution is -0.128. The van der Waals surface area contributed by atoms with Gasteiger partial charge in [-0.1, -0.05) is 60.6 Å². The molecule has 0 saturated carbocycles. The van der Waals surface area contributed by atoms with Crippen LogP contribution < -0.4 is 11.1 Å². The van der Waals surface area contributed by atoms with Gasteiger partial charge in [0.05, 0.1) is 12.2 Å². The topological polar surface area (TPSA) is 114 Å². The molecule has 0 radical (unpaired) electrons. The minimum atomic E-state index is -0.103. The van der Waals surface area contributed by atoms with E-state index in [1.54, 1.807) is 38.4 Å². The molecule has 0 spiro atoms. The number of hydrogen-bond acceptors (Lipinski definition) is 5. The van der Waals surface area contributed by atoms with Crippen molar-refractivity contribution in [3.05, 3.63) is 83.0 Å².